The second kappa shape index (κ2) is 6.26. The molecule has 0 bridgehead atoms. The zero-order valence-electron chi connectivity index (χ0n) is 11.3. The van der Waals surface area contributed by atoms with E-state index in [1.54, 1.807) is 7.11 Å². The summed E-state index contributed by atoms with van der Waals surface area (Å²) in [7, 11) is 1.61. The molecule has 1 N–H and O–H groups in total. The van der Waals surface area contributed by atoms with E-state index in [1.165, 1.54) is 0 Å². The van der Waals surface area contributed by atoms with Crippen LogP contribution in [0.1, 0.15) is 25.5 Å². The highest BCUT2D eigenvalue weighted by molar-refractivity contribution is 14.1. The first-order chi connectivity index (χ1) is 9.43. The van der Waals surface area contributed by atoms with E-state index in [9.17, 15) is 4.79 Å². The quantitative estimate of drug-likeness (QED) is 0.723. The van der Waals surface area contributed by atoms with Crippen LogP contribution in [0.15, 0.2) is 27.5 Å². The number of nitrogens with one attached hydrogen (secondary N) is 1. The summed E-state index contributed by atoms with van der Waals surface area (Å²) in [5.74, 6) is 1.51. The Kier molecular flexibility index (Phi) is 4.85. The van der Waals surface area contributed by atoms with Gasteiger partial charge in [0.25, 0.3) is 5.56 Å². The smallest absolute Gasteiger partial charge is 0.264 e. The van der Waals surface area contributed by atoms with Crippen molar-refractivity contribution in [1.29, 1.82) is 0 Å². The van der Waals surface area contributed by atoms with Gasteiger partial charge < -0.3 is 9.72 Å². The number of hydrogen-bond acceptors (Lipinski definition) is 3. The van der Waals surface area contributed by atoms with Gasteiger partial charge in [-0.1, -0.05) is 13.8 Å². The van der Waals surface area contributed by atoms with Crippen molar-refractivity contribution in [3.63, 3.8) is 0 Å². The number of methoxy groups -OCH3 is 1. The highest BCUT2D eigenvalue weighted by Crippen LogP contribution is 2.29. The fourth-order valence-electron chi connectivity index (χ4n) is 1.81. The van der Waals surface area contributed by atoms with Crippen LogP contribution in [0, 0.1) is 3.57 Å². The number of aromatic amines is 1. The molecule has 1 heterocycles. The molecule has 0 atom stereocenters. The number of halogens is 2. The zero-order valence-corrected chi connectivity index (χ0v) is 15.1. The molecule has 0 spiro atoms. The molecule has 6 heteroatoms. The molecule has 0 aliphatic rings. The molecule has 1 aromatic heterocycles. The third-order valence-corrected chi connectivity index (χ3v) is 4.52. The van der Waals surface area contributed by atoms with E-state index in [2.05, 4.69) is 25.9 Å². The van der Waals surface area contributed by atoms with E-state index in [1.807, 2.05) is 54.6 Å². The van der Waals surface area contributed by atoms with E-state index < -0.39 is 0 Å². The maximum Gasteiger partial charge on any atom is 0.264 e. The van der Waals surface area contributed by atoms with Gasteiger partial charge in [0.1, 0.15) is 11.6 Å². The van der Waals surface area contributed by atoms with Crippen LogP contribution in [0.25, 0.3) is 11.4 Å². The average molecular weight is 449 g/mol. The predicted molar refractivity (Wildman–Crippen MR) is 91.4 cm³/mol. The van der Waals surface area contributed by atoms with Gasteiger partial charge in [-0.2, -0.15) is 0 Å². The molecule has 2 aromatic rings. The van der Waals surface area contributed by atoms with Crippen LogP contribution in [0.3, 0.4) is 0 Å². The highest BCUT2D eigenvalue weighted by Gasteiger charge is 2.14. The Morgan fingerprint density at radius 3 is 2.65 bits per heavy atom. The molecule has 20 heavy (non-hydrogen) atoms. The Labute approximate surface area is 139 Å². The molecular formula is C14H14BrIN2O2. The lowest BCUT2D eigenvalue weighted by Gasteiger charge is -2.10. The molecule has 0 aliphatic heterocycles. The van der Waals surface area contributed by atoms with Crippen LogP contribution in [0.5, 0.6) is 5.75 Å². The maximum absolute atomic E-state index is 12.0. The minimum Gasteiger partial charge on any atom is -0.496 e. The van der Waals surface area contributed by atoms with Gasteiger partial charge in [-0.05, 0) is 62.6 Å². The van der Waals surface area contributed by atoms with Gasteiger partial charge >= 0.3 is 0 Å². The number of benzene rings is 1. The predicted octanol–water partition coefficient (Wildman–Crippen LogP) is 3.94. The van der Waals surface area contributed by atoms with Crippen molar-refractivity contribution in [2.75, 3.05) is 7.11 Å². The summed E-state index contributed by atoms with van der Waals surface area (Å²) >= 11 is 5.48. The van der Waals surface area contributed by atoms with Crippen molar-refractivity contribution in [3.8, 4) is 17.1 Å². The Bertz CT molecular complexity index is 698. The first kappa shape index (κ1) is 15.5. The Balaban J connectivity index is 2.58. The third kappa shape index (κ3) is 3.06. The third-order valence-electron chi connectivity index (χ3n) is 2.86. The molecule has 0 unspecified atom stereocenters. The molecule has 2 rings (SSSR count). The van der Waals surface area contributed by atoms with Crippen LogP contribution < -0.4 is 10.3 Å². The molecule has 0 amide bonds. The normalized spacial score (nSPS) is 10.9. The van der Waals surface area contributed by atoms with Gasteiger partial charge in [-0.25, -0.2) is 4.98 Å². The number of rotatable bonds is 3. The minimum absolute atomic E-state index is 0.105. The van der Waals surface area contributed by atoms with Gasteiger partial charge in [0.15, 0.2) is 0 Å². The molecule has 0 saturated heterocycles. The van der Waals surface area contributed by atoms with Gasteiger partial charge in [0, 0.05) is 5.56 Å². The summed E-state index contributed by atoms with van der Waals surface area (Å²) < 4.78 is 6.67. The largest absolute Gasteiger partial charge is 0.496 e. The highest BCUT2D eigenvalue weighted by atomic mass is 127. The fourth-order valence-corrected chi connectivity index (χ4v) is 3.23. The van der Waals surface area contributed by atoms with Crippen molar-refractivity contribution in [3.05, 3.63) is 42.3 Å². The summed E-state index contributed by atoms with van der Waals surface area (Å²) in [6.07, 6.45) is 0. The van der Waals surface area contributed by atoms with Gasteiger partial charge in [0.2, 0.25) is 0 Å². The Morgan fingerprint density at radius 2 is 2.10 bits per heavy atom. The molecule has 0 fully saturated rings. The van der Waals surface area contributed by atoms with Crippen molar-refractivity contribution >= 4 is 38.5 Å². The van der Waals surface area contributed by atoms with Crippen molar-refractivity contribution < 1.29 is 4.74 Å². The van der Waals surface area contributed by atoms with Crippen molar-refractivity contribution in [1.82, 2.24) is 9.97 Å². The second-order valence-electron chi connectivity index (χ2n) is 4.62. The van der Waals surface area contributed by atoms with E-state index in [0.29, 0.717) is 9.39 Å². The van der Waals surface area contributed by atoms with Gasteiger partial charge in [0.05, 0.1) is 20.8 Å². The number of H-pyrrole nitrogens is 1. The molecule has 4 nitrogen and oxygen atoms in total. The standard InChI is InChI=1S/C14H14BrIN2O2/c1-7(2)12-11(16)14(19)18-13(17-12)8-4-5-10(20-3)9(15)6-8/h4-7H,1-3H3,(H,17,18,19). The van der Waals surface area contributed by atoms with E-state index in [-0.39, 0.29) is 11.5 Å². The number of ether oxygens (including phenoxy) is 1. The second-order valence-corrected chi connectivity index (χ2v) is 6.55. The summed E-state index contributed by atoms with van der Waals surface area (Å²) in [6.45, 7) is 4.05. The van der Waals surface area contributed by atoms with Crippen molar-refractivity contribution in [2.45, 2.75) is 19.8 Å². The lowest BCUT2D eigenvalue weighted by atomic mass is 10.1. The molecule has 0 aliphatic carbocycles. The summed E-state index contributed by atoms with van der Waals surface area (Å²) in [4.78, 5) is 19.4. The Morgan fingerprint density at radius 1 is 1.40 bits per heavy atom. The number of hydrogen-bond donors (Lipinski definition) is 1. The van der Waals surface area contributed by atoms with E-state index in [0.717, 1.165) is 21.5 Å². The van der Waals surface area contributed by atoms with Crippen LogP contribution in [-0.4, -0.2) is 17.1 Å². The first-order valence-electron chi connectivity index (χ1n) is 6.07. The summed E-state index contributed by atoms with van der Waals surface area (Å²) in [5, 5.41) is 0. The topological polar surface area (TPSA) is 55.0 Å². The lowest BCUT2D eigenvalue weighted by molar-refractivity contribution is 0.412. The number of aromatic nitrogens is 2. The van der Waals surface area contributed by atoms with Crippen LogP contribution in [0.2, 0.25) is 0 Å². The number of nitrogens with zero attached hydrogens (tertiary/aromatic N) is 1. The Hall–Kier alpha value is -0.890. The lowest BCUT2D eigenvalue weighted by Crippen LogP contribution is -2.17. The van der Waals surface area contributed by atoms with Gasteiger partial charge in [-0.15, -0.1) is 0 Å². The van der Waals surface area contributed by atoms with E-state index >= 15 is 0 Å². The van der Waals surface area contributed by atoms with Crippen LogP contribution in [-0.2, 0) is 0 Å². The van der Waals surface area contributed by atoms with Crippen molar-refractivity contribution in [2.24, 2.45) is 0 Å². The molecule has 106 valence electrons. The molecule has 0 saturated carbocycles. The molecular weight excluding hydrogens is 435 g/mol. The maximum atomic E-state index is 12.0. The minimum atomic E-state index is -0.105. The summed E-state index contributed by atoms with van der Waals surface area (Å²) in [5.41, 5.74) is 1.55. The average Bonchev–Trinajstić information content (AvgIpc) is 2.41. The van der Waals surface area contributed by atoms with E-state index in [4.69, 9.17) is 4.74 Å². The first-order valence-corrected chi connectivity index (χ1v) is 7.94. The SMILES string of the molecule is COc1ccc(-c2nc(C(C)C)c(I)c(=O)[nH]2)cc1Br. The molecule has 0 radical (unpaired) electrons. The molecule has 1 aromatic carbocycles. The van der Waals surface area contributed by atoms with Gasteiger partial charge in [-0.3, -0.25) is 4.79 Å². The zero-order chi connectivity index (χ0) is 14.9. The van der Waals surface area contributed by atoms with Crippen LogP contribution in [0.4, 0.5) is 0 Å². The summed E-state index contributed by atoms with van der Waals surface area (Å²) in [6, 6.07) is 5.60. The fraction of sp³-hybridized carbons (Fsp3) is 0.286. The monoisotopic (exact) mass is 448 g/mol. The van der Waals surface area contributed by atoms with Crippen LogP contribution >= 0.6 is 38.5 Å².